The maximum absolute atomic E-state index is 12.8. The first-order chi connectivity index (χ1) is 14.5. The van der Waals surface area contributed by atoms with E-state index >= 15 is 0 Å². The van der Waals surface area contributed by atoms with Gasteiger partial charge in [0.1, 0.15) is 11.4 Å². The number of aromatic nitrogens is 2. The van der Waals surface area contributed by atoms with E-state index in [-0.39, 0.29) is 42.2 Å². The number of ketones is 1. The molecule has 0 aliphatic rings. The van der Waals surface area contributed by atoms with Crippen LogP contribution in [-0.4, -0.2) is 33.4 Å². The quantitative estimate of drug-likeness (QED) is 0.513. The first-order valence-corrected chi connectivity index (χ1v) is 10.3. The Morgan fingerprint density at radius 2 is 1.68 bits per heavy atom. The Morgan fingerprint density at radius 3 is 2.23 bits per heavy atom. The van der Waals surface area contributed by atoms with E-state index in [1.54, 1.807) is 24.3 Å². The third-order valence-corrected chi connectivity index (χ3v) is 4.63. The van der Waals surface area contributed by atoms with Crippen LogP contribution in [0.3, 0.4) is 0 Å². The molecule has 168 valence electrons. The monoisotopic (exact) mass is 429 g/mol. The third-order valence-electron chi connectivity index (χ3n) is 4.63. The van der Waals surface area contributed by atoms with Gasteiger partial charge in [-0.25, -0.2) is 4.79 Å². The van der Waals surface area contributed by atoms with Gasteiger partial charge in [0.25, 0.3) is 5.56 Å². The van der Waals surface area contributed by atoms with E-state index in [9.17, 15) is 19.2 Å². The van der Waals surface area contributed by atoms with Crippen LogP contribution in [0, 0.1) is 5.92 Å². The largest absolute Gasteiger partial charge is 0.384 e. The number of hydrogen-bond acceptors (Lipinski definition) is 6. The summed E-state index contributed by atoms with van der Waals surface area (Å²) in [5.74, 6) is -0.565. The Morgan fingerprint density at radius 1 is 1.06 bits per heavy atom. The highest BCUT2D eigenvalue weighted by Crippen LogP contribution is 2.12. The van der Waals surface area contributed by atoms with Crippen LogP contribution in [0.15, 0.2) is 33.9 Å². The van der Waals surface area contributed by atoms with Gasteiger partial charge in [-0.15, -0.1) is 0 Å². The summed E-state index contributed by atoms with van der Waals surface area (Å²) < 4.78 is 2.17. The molecule has 1 aromatic carbocycles. The Kier molecular flexibility index (Phi) is 7.79. The van der Waals surface area contributed by atoms with E-state index < -0.39 is 17.0 Å². The number of carbonyl (C=O) groups excluding carboxylic acids is 2. The molecule has 0 aliphatic heterocycles. The zero-order valence-corrected chi connectivity index (χ0v) is 18.7. The average Bonchev–Trinajstić information content (AvgIpc) is 2.68. The summed E-state index contributed by atoms with van der Waals surface area (Å²) in [4.78, 5) is 49.5. The van der Waals surface area contributed by atoms with Crippen molar-refractivity contribution in [2.45, 2.75) is 46.7 Å². The molecule has 0 saturated carbocycles. The topological polar surface area (TPSA) is 128 Å². The molecule has 0 aliphatic carbocycles. The summed E-state index contributed by atoms with van der Waals surface area (Å²) in [7, 11) is 1.33. The van der Waals surface area contributed by atoms with Crippen molar-refractivity contribution in [1.29, 1.82) is 0 Å². The van der Waals surface area contributed by atoms with E-state index in [0.717, 1.165) is 10.1 Å². The molecule has 4 N–H and O–H groups in total. The van der Waals surface area contributed by atoms with Crippen LogP contribution in [0.2, 0.25) is 0 Å². The summed E-state index contributed by atoms with van der Waals surface area (Å²) >= 11 is 0. The van der Waals surface area contributed by atoms with E-state index in [2.05, 4.69) is 10.6 Å². The van der Waals surface area contributed by atoms with E-state index in [1.807, 2.05) is 27.7 Å². The fourth-order valence-corrected chi connectivity index (χ4v) is 3.16. The number of Topliss-reactive ketones (excluding diaryl/α,β-unsaturated/α-hetero) is 1. The van der Waals surface area contributed by atoms with Gasteiger partial charge in [0.2, 0.25) is 5.91 Å². The van der Waals surface area contributed by atoms with Gasteiger partial charge in [0, 0.05) is 25.3 Å². The lowest BCUT2D eigenvalue weighted by molar-refractivity contribution is -0.120. The van der Waals surface area contributed by atoms with Gasteiger partial charge in [0.05, 0.1) is 13.0 Å². The fraction of sp³-hybridized carbons (Fsp3) is 0.455. The molecule has 9 nitrogen and oxygen atoms in total. The van der Waals surface area contributed by atoms with Crippen LogP contribution < -0.4 is 27.6 Å². The lowest BCUT2D eigenvalue weighted by Crippen LogP contribution is -2.43. The molecule has 0 radical (unpaired) electrons. The summed E-state index contributed by atoms with van der Waals surface area (Å²) in [5.41, 5.74) is 6.09. The predicted molar refractivity (Wildman–Crippen MR) is 121 cm³/mol. The number of anilines is 2. The van der Waals surface area contributed by atoms with Crippen LogP contribution in [0.5, 0.6) is 0 Å². The molecule has 31 heavy (non-hydrogen) atoms. The van der Waals surface area contributed by atoms with Crippen LogP contribution >= 0.6 is 0 Å². The lowest BCUT2D eigenvalue weighted by Gasteiger charge is -2.16. The van der Waals surface area contributed by atoms with E-state index in [1.165, 1.54) is 11.6 Å². The molecular formula is C22H31N5O4. The number of hydrogen-bond donors (Lipinski definition) is 3. The SMILES string of the molecule is CC(C)Cn1c(N)c(C(=O)CNc2ccc(CC(=O)NC(C)C)cc2)c(=O)n(C)c1=O. The number of carbonyl (C=O) groups is 2. The number of nitrogens with two attached hydrogens (primary N) is 1. The highest BCUT2D eigenvalue weighted by Gasteiger charge is 2.21. The number of rotatable bonds is 9. The smallest absolute Gasteiger partial charge is 0.332 e. The van der Waals surface area contributed by atoms with Crippen molar-refractivity contribution in [2.24, 2.45) is 13.0 Å². The lowest BCUT2D eigenvalue weighted by atomic mass is 10.1. The molecule has 0 atom stereocenters. The van der Waals surface area contributed by atoms with Crippen molar-refractivity contribution in [3.63, 3.8) is 0 Å². The molecule has 2 rings (SSSR count). The first-order valence-electron chi connectivity index (χ1n) is 10.3. The Labute approximate surface area is 181 Å². The number of nitrogens with zero attached hydrogens (tertiary/aromatic N) is 2. The van der Waals surface area contributed by atoms with E-state index in [0.29, 0.717) is 12.2 Å². The average molecular weight is 430 g/mol. The van der Waals surface area contributed by atoms with Gasteiger partial charge in [-0.3, -0.25) is 23.5 Å². The van der Waals surface area contributed by atoms with Crippen molar-refractivity contribution in [3.05, 3.63) is 56.2 Å². The molecule has 1 aromatic heterocycles. The highest BCUT2D eigenvalue weighted by molar-refractivity contribution is 6.02. The number of benzene rings is 1. The van der Waals surface area contributed by atoms with Crippen LogP contribution in [0.25, 0.3) is 0 Å². The van der Waals surface area contributed by atoms with Crippen molar-refractivity contribution < 1.29 is 9.59 Å². The molecule has 0 bridgehead atoms. The molecule has 0 unspecified atom stereocenters. The zero-order chi connectivity index (χ0) is 23.3. The van der Waals surface area contributed by atoms with Crippen LogP contribution in [0.4, 0.5) is 11.5 Å². The first kappa shape index (κ1) is 23.9. The second-order valence-corrected chi connectivity index (χ2v) is 8.28. The van der Waals surface area contributed by atoms with Gasteiger partial charge in [-0.05, 0) is 37.5 Å². The number of amides is 1. The van der Waals surface area contributed by atoms with Gasteiger partial charge < -0.3 is 16.4 Å². The second kappa shape index (κ2) is 10.1. The minimum atomic E-state index is -0.708. The minimum absolute atomic E-state index is 0.0614. The van der Waals surface area contributed by atoms with E-state index in [4.69, 9.17) is 5.73 Å². The maximum Gasteiger partial charge on any atom is 0.332 e. The molecule has 0 fully saturated rings. The second-order valence-electron chi connectivity index (χ2n) is 8.28. The number of nitrogens with one attached hydrogen (secondary N) is 2. The van der Waals surface area contributed by atoms with Gasteiger partial charge >= 0.3 is 5.69 Å². The van der Waals surface area contributed by atoms with Gasteiger partial charge in [-0.1, -0.05) is 26.0 Å². The zero-order valence-electron chi connectivity index (χ0n) is 18.7. The molecule has 1 heterocycles. The summed E-state index contributed by atoms with van der Waals surface area (Å²) in [6, 6.07) is 7.18. The Bertz CT molecular complexity index is 1070. The van der Waals surface area contributed by atoms with Gasteiger partial charge in [0.15, 0.2) is 5.78 Å². The predicted octanol–water partition coefficient (Wildman–Crippen LogP) is 1.15. The van der Waals surface area contributed by atoms with Crippen LogP contribution in [-0.2, 0) is 24.8 Å². The summed E-state index contributed by atoms with van der Waals surface area (Å²) in [6.07, 6.45) is 0.265. The molecular weight excluding hydrogens is 398 g/mol. The third kappa shape index (κ3) is 6.07. The fourth-order valence-electron chi connectivity index (χ4n) is 3.16. The summed E-state index contributed by atoms with van der Waals surface area (Å²) in [5, 5.41) is 5.80. The summed E-state index contributed by atoms with van der Waals surface area (Å²) in [6.45, 7) is 7.77. The maximum atomic E-state index is 12.8. The standard InChI is InChI=1S/C22H31N5O4/c1-13(2)12-27-20(23)19(21(30)26(5)22(27)31)17(28)11-24-16-8-6-15(7-9-16)10-18(29)25-14(3)4/h6-9,13-14,24H,10-12,23H2,1-5H3,(H,25,29). The normalized spacial score (nSPS) is 11.1. The Balaban J connectivity index is 2.14. The van der Waals surface area contributed by atoms with Crippen molar-refractivity contribution in [3.8, 4) is 0 Å². The molecule has 2 aromatic rings. The number of nitrogen functional groups attached to an aromatic ring is 1. The Hall–Kier alpha value is -3.36. The van der Waals surface area contributed by atoms with Crippen molar-refractivity contribution >= 4 is 23.2 Å². The van der Waals surface area contributed by atoms with Crippen molar-refractivity contribution in [1.82, 2.24) is 14.5 Å². The van der Waals surface area contributed by atoms with Crippen molar-refractivity contribution in [2.75, 3.05) is 17.6 Å². The minimum Gasteiger partial charge on any atom is -0.384 e. The highest BCUT2D eigenvalue weighted by atomic mass is 16.2. The molecule has 9 heteroatoms. The molecule has 0 spiro atoms. The molecule has 0 saturated heterocycles. The molecule has 1 amide bonds. The van der Waals surface area contributed by atoms with Crippen LogP contribution in [0.1, 0.15) is 43.6 Å². The van der Waals surface area contributed by atoms with Gasteiger partial charge in [-0.2, -0.15) is 0 Å².